The van der Waals surface area contributed by atoms with E-state index in [9.17, 15) is 0 Å². The van der Waals surface area contributed by atoms with E-state index < -0.39 is 0 Å². The second kappa shape index (κ2) is 4.35. The molecule has 96 valence electrons. The molecule has 0 aliphatic heterocycles. The van der Waals surface area contributed by atoms with Crippen LogP contribution in [0.25, 0.3) is 16.8 Å². The average molecular weight is 256 g/mol. The molecule has 0 fully saturated rings. The lowest BCUT2D eigenvalue weighted by Crippen LogP contribution is -1.98. The lowest BCUT2D eigenvalue weighted by atomic mass is 9.88. The highest BCUT2D eigenvalue weighted by Crippen LogP contribution is 2.37. The quantitative estimate of drug-likeness (QED) is 0.553. The molecule has 0 bridgehead atoms. The Labute approximate surface area is 119 Å². The first-order chi connectivity index (χ1) is 9.83. The van der Waals surface area contributed by atoms with Gasteiger partial charge in [0, 0.05) is 5.92 Å². The third kappa shape index (κ3) is 1.69. The van der Waals surface area contributed by atoms with Gasteiger partial charge in [-0.3, -0.25) is 0 Å². The summed E-state index contributed by atoms with van der Waals surface area (Å²) in [6, 6.07) is 21.9. The molecule has 1 aliphatic carbocycles. The maximum Gasteiger partial charge on any atom is 0.0281 e. The van der Waals surface area contributed by atoms with Gasteiger partial charge in [0.05, 0.1) is 0 Å². The first kappa shape index (κ1) is 11.5. The minimum Gasteiger partial charge on any atom is -0.0720 e. The van der Waals surface area contributed by atoms with Gasteiger partial charge in [-0.1, -0.05) is 66.7 Å². The summed E-state index contributed by atoms with van der Waals surface area (Å²) in [4.78, 5) is 0. The number of hydrogen-bond donors (Lipinski definition) is 0. The zero-order valence-electron chi connectivity index (χ0n) is 11.5. The highest BCUT2D eigenvalue weighted by Gasteiger charge is 2.20. The van der Waals surface area contributed by atoms with Crippen molar-refractivity contribution in [1.29, 1.82) is 0 Å². The molecule has 0 aromatic heterocycles. The van der Waals surface area contributed by atoms with Crippen molar-refractivity contribution < 1.29 is 0 Å². The Morgan fingerprint density at radius 2 is 1.45 bits per heavy atom. The molecule has 0 radical (unpaired) electrons. The summed E-state index contributed by atoms with van der Waals surface area (Å²) in [7, 11) is 0. The van der Waals surface area contributed by atoms with Gasteiger partial charge in [0.25, 0.3) is 0 Å². The fraction of sp³-hybridized carbons (Fsp3) is 0.100. The van der Waals surface area contributed by atoms with Crippen molar-refractivity contribution in [1.82, 2.24) is 0 Å². The molecular weight excluding hydrogens is 240 g/mol. The highest BCUT2D eigenvalue weighted by atomic mass is 14.2. The molecule has 0 heterocycles. The van der Waals surface area contributed by atoms with Crippen molar-refractivity contribution in [2.24, 2.45) is 0 Å². The normalized spacial score (nSPS) is 16.6. The average Bonchev–Trinajstić information content (AvgIpc) is 2.90. The molecule has 0 N–H and O–H groups in total. The summed E-state index contributed by atoms with van der Waals surface area (Å²) < 4.78 is 0. The topological polar surface area (TPSA) is 0 Å². The number of hydrogen-bond acceptors (Lipinski definition) is 0. The first-order valence-corrected chi connectivity index (χ1v) is 7.09. The van der Waals surface area contributed by atoms with Crippen LogP contribution >= 0.6 is 0 Å². The van der Waals surface area contributed by atoms with E-state index in [1.165, 1.54) is 33.0 Å². The van der Waals surface area contributed by atoms with E-state index in [-0.39, 0.29) is 0 Å². The fourth-order valence-electron chi connectivity index (χ4n) is 3.23. The van der Waals surface area contributed by atoms with Crippen LogP contribution < -0.4 is 0 Å². The molecule has 3 aromatic rings. The van der Waals surface area contributed by atoms with Crippen LogP contribution in [0, 0.1) is 6.92 Å². The Balaban J connectivity index is 1.92. The molecule has 0 amide bonds. The molecule has 4 rings (SSSR count). The maximum absolute atomic E-state index is 2.35. The lowest BCUT2D eigenvalue weighted by molar-refractivity contribution is 1.03. The molecule has 20 heavy (non-hydrogen) atoms. The Hall–Kier alpha value is -2.34. The Kier molecular flexibility index (Phi) is 2.50. The summed E-state index contributed by atoms with van der Waals surface area (Å²) >= 11 is 0. The highest BCUT2D eigenvalue weighted by molar-refractivity contribution is 5.85. The summed E-state index contributed by atoms with van der Waals surface area (Å²) in [5.74, 6) is 0.399. The van der Waals surface area contributed by atoms with E-state index in [2.05, 4.69) is 79.7 Å². The van der Waals surface area contributed by atoms with Crippen LogP contribution in [0.5, 0.6) is 0 Å². The molecule has 0 saturated heterocycles. The van der Waals surface area contributed by atoms with Crippen molar-refractivity contribution in [2.45, 2.75) is 12.8 Å². The number of allylic oxidation sites excluding steroid dienone is 1. The van der Waals surface area contributed by atoms with E-state index in [0.717, 1.165) is 0 Å². The minimum absolute atomic E-state index is 0.399. The van der Waals surface area contributed by atoms with Gasteiger partial charge in [-0.05, 0) is 46.0 Å². The minimum atomic E-state index is 0.399. The molecule has 0 heteroatoms. The summed E-state index contributed by atoms with van der Waals surface area (Å²) in [5.41, 5.74) is 5.57. The summed E-state index contributed by atoms with van der Waals surface area (Å²) in [6.07, 6.45) is 4.57. The van der Waals surface area contributed by atoms with Gasteiger partial charge in [-0.15, -0.1) is 0 Å². The molecule has 0 nitrogen and oxygen atoms in total. The number of benzene rings is 3. The van der Waals surface area contributed by atoms with Crippen molar-refractivity contribution in [3.8, 4) is 0 Å². The van der Waals surface area contributed by atoms with Crippen molar-refractivity contribution in [3.05, 3.63) is 89.0 Å². The summed E-state index contributed by atoms with van der Waals surface area (Å²) in [5, 5.41) is 2.65. The number of fused-ring (bicyclic) bond motifs is 2. The van der Waals surface area contributed by atoms with Crippen LogP contribution in [-0.2, 0) is 0 Å². The van der Waals surface area contributed by atoms with Gasteiger partial charge >= 0.3 is 0 Å². The SMILES string of the molecule is Cc1cc2ccccc2cc1C1C=Cc2ccccc21. The lowest BCUT2D eigenvalue weighted by Gasteiger charge is -2.15. The molecule has 1 atom stereocenters. The number of rotatable bonds is 1. The maximum atomic E-state index is 2.35. The predicted molar refractivity (Wildman–Crippen MR) is 86.0 cm³/mol. The third-order valence-electron chi connectivity index (χ3n) is 4.27. The molecule has 3 aromatic carbocycles. The second-order valence-corrected chi connectivity index (χ2v) is 5.52. The van der Waals surface area contributed by atoms with E-state index in [1.807, 2.05) is 0 Å². The van der Waals surface area contributed by atoms with Gasteiger partial charge in [-0.25, -0.2) is 0 Å². The van der Waals surface area contributed by atoms with Crippen LogP contribution in [-0.4, -0.2) is 0 Å². The van der Waals surface area contributed by atoms with E-state index in [1.54, 1.807) is 0 Å². The predicted octanol–water partition coefficient (Wildman–Crippen LogP) is 5.31. The van der Waals surface area contributed by atoms with E-state index in [0.29, 0.717) is 5.92 Å². The van der Waals surface area contributed by atoms with Crippen molar-refractivity contribution in [2.75, 3.05) is 0 Å². The van der Waals surface area contributed by atoms with E-state index >= 15 is 0 Å². The number of aryl methyl sites for hydroxylation is 1. The zero-order chi connectivity index (χ0) is 13.5. The zero-order valence-corrected chi connectivity index (χ0v) is 11.5. The monoisotopic (exact) mass is 256 g/mol. The Bertz CT molecular complexity index is 824. The van der Waals surface area contributed by atoms with Gasteiger partial charge in [-0.2, -0.15) is 0 Å². The van der Waals surface area contributed by atoms with Gasteiger partial charge in [0.2, 0.25) is 0 Å². The van der Waals surface area contributed by atoms with Crippen LogP contribution in [0.15, 0.2) is 66.7 Å². The standard InChI is InChI=1S/C20H16/c1-14-12-16-7-2-3-8-17(16)13-20(14)19-11-10-15-6-4-5-9-18(15)19/h2-13,19H,1H3. The van der Waals surface area contributed by atoms with Crippen LogP contribution in [0.4, 0.5) is 0 Å². The van der Waals surface area contributed by atoms with Gasteiger partial charge in [0.15, 0.2) is 0 Å². The first-order valence-electron chi connectivity index (χ1n) is 7.09. The Morgan fingerprint density at radius 1 is 0.750 bits per heavy atom. The Morgan fingerprint density at radius 3 is 2.30 bits per heavy atom. The smallest absolute Gasteiger partial charge is 0.0281 e. The summed E-state index contributed by atoms with van der Waals surface area (Å²) in [6.45, 7) is 2.22. The third-order valence-corrected chi connectivity index (χ3v) is 4.27. The van der Waals surface area contributed by atoms with Crippen LogP contribution in [0.3, 0.4) is 0 Å². The molecule has 0 saturated carbocycles. The molecule has 1 aliphatic rings. The largest absolute Gasteiger partial charge is 0.0720 e. The molecule has 1 unspecified atom stereocenters. The van der Waals surface area contributed by atoms with Gasteiger partial charge < -0.3 is 0 Å². The van der Waals surface area contributed by atoms with Crippen LogP contribution in [0.2, 0.25) is 0 Å². The molecule has 0 spiro atoms. The second-order valence-electron chi connectivity index (χ2n) is 5.52. The van der Waals surface area contributed by atoms with Crippen LogP contribution in [0.1, 0.15) is 28.2 Å². The fourth-order valence-corrected chi connectivity index (χ4v) is 3.23. The van der Waals surface area contributed by atoms with Crippen molar-refractivity contribution >= 4 is 16.8 Å². The van der Waals surface area contributed by atoms with Crippen molar-refractivity contribution in [3.63, 3.8) is 0 Å². The van der Waals surface area contributed by atoms with E-state index in [4.69, 9.17) is 0 Å². The van der Waals surface area contributed by atoms with Gasteiger partial charge in [0.1, 0.15) is 0 Å². The molecular formula is C20H16.